The molecular formula is C27H29F3O2. The first-order valence-corrected chi connectivity index (χ1v) is 11.5. The van der Waals surface area contributed by atoms with E-state index in [1.165, 1.54) is 50.2 Å². The van der Waals surface area contributed by atoms with Gasteiger partial charge in [-0.3, -0.25) is 0 Å². The lowest BCUT2D eigenvalue weighted by molar-refractivity contribution is -0.137. The van der Waals surface area contributed by atoms with Crippen molar-refractivity contribution in [2.24, 2.45) is 17.8 Å². The van der Waals surface area contributed by atoms with Crippen molar-refractivity contribution in [2.45, 2.75) is 50.1 Å². The Bertz CT molecular complexity index is 1000. The molecule has 0 aliphatic heterocycles. The molecule has 0 radical (unpaired) electrons. The summed E-state index contributed by atoms with van der Waals surface area (Å²) >= 11 is 0. The van der Waals surface area contributed by atoms with Crippen LogP contribution in [0.1, 0.15) is 60.8 Å². The zero-order chi connectivity index (χ0) is 22.5. The van der Waals surface area contributed by atoms with E-state index in [1.807, 2.05) is 12.1 Å². The van der Waals surface area contributed by atoms with Crippen LogP contribution in [0.4, 0.5) is 13.2 Å². The predicted octanol–water partition coefficient (Wildman–Crippen LogP) is 6.71. The molecule has 0 saturated heterocycles. The summed E-state index contributed by atoms with van der Waals surface area (Å²) in [6, 6.07) is 11.2. The fraction of sp³-hybridized carbons (Fsp3) is 0.481. The average molecular weight is 443 g/mol. The highest BCUT2D eigenvalue weighted by Crippen LogP contribution is 2.61. The number of hydrogen-bond acceptors (Lipinski definition) is 2. The number of aliphatic hydroxyl groups excluding tert-OH is 1. The maximum Gasteiger partial charge on any atom is 0.416 e. The van der Waals surface area contributed by atoms with Gasteiger partial charge in [0.05, 0.1) is 19.3 Å². The number of benzene rings is 2. The zero-order valence-corrected chi connectivity index (χ0v) is 18.3. The summed E-state index contributed by atoms with van der Waals surface area (Å²) in [4.78, 5) is 0. The molecule has 0 heterocycles. The number of halogens is 3. The maximum atomic E-state index is 13.1. The van der Waals surface area contributed by atoms with Gasteiger partial charge in [0, 0.05) is 5.56 Å². The van der Waals surface area contributed by atoms with E-state index in [4.69, 9.17) is 4.74 Å². The van der Waals surface area contributed by atoms with Crippen LogP contribution in [-0.2, 0) is 11.6 Å². The van der Waals surface area contributed by atoms with E-state index in [9.17, 15) is 18.3 Å². The first-order valence-electron chi connectivity index (χ1n) is 11.5. The molecule has 4 bridgehead atoms. The van der Waals surface area contributed by atoms with Crippen LogP contribution in [0.3, 0.4) is 0 Å². The van der Waals surface area contributed by atoms with E-state index in [2.05, 4.69) is 6.07 Å². The minimum Gasteiger partial charge on any atom is -0.496 e. The summed E-state index contributed by atoms with van der Waals surface area (Å²) in [6.07, 6.45) is 5.16. The van der Waals surface area contributed by atoms with Gasteiger partial charge in [-0.05, 0) is 103 Å². The van der Waals surface area contributed by atoms with Crippen molar-refractivity contribution in [1.29, 1.82) is 0 Å². The molecule has 0 unspecified atom stereocenters. The molecule has 4 saturated carbocycles. The fourth-order valence-electron chi connectivity index (χ4n) is 6.99. The van der Waals surface area contributed by atoms with Gasteiger partial charge in [-0.2, -0.15) is 13.2 Å². The van der Waals surface area contributed by atoms with E-state index in [0.29, 0.717) is 11.1 Å². The number of methoxy groups -OCH3 is 1. The van der Waals surface area contributed by atoms with Crippen molar-refractivity contribution in [3.63, 3.8) is 0 Å². The Morgan fingerprint density at radius 2 is 1.69 bits per heavy atom. The van der Waals surface area contributed by atoms with Crippen molar-refractivity contribution in [2.75, 3.05) is 13.7 Å². The number of aliphatic hydroxyl groups is 1. The van der Waals surface area contributed by atoms with E-state index in [-0.39, 0.29) is 12.0 Å². The van der Waals surface area contributed by atoms with Crippen LogP contribution < -0.4 is 4.74 Å². The quantitative estimate of drug-likeness (QED) is 0.521. The Morgan fingerprint density at radius 3 is 2.25 bits per heavy atom. The number of hydrogen-bond donors (Lipinski definition) is 1. The first kappa shape index (κ1) is 21.6. The van der Waals surface area contributed by atoms with Crippen LogP contribution in [0.25, 0.3) is 11.6 Å². The van der Waals surface area contributed by atoms with Crippen molar-refractivity contribution in [1.82, 2.24) is 0 Å². The lowest BCUT2D eigenvalue weighted by Crippen LogP contribution is -2.48. The highest BCUT2D eigenvalue weighted by atomic mass is 19.4. The molecular weight excluding hydrogens is 413 g/mol. The predicted molar refractivity (Wildman–Crippen MR) is 119 cm³/mol. The Balaban J connectivity index is 1.48. The highest BCUT2D eigenvalue weighted by Gasteiger charge is 2.52. The van der Waals surface area contributed by atoms with Gasteiger partial charge < -0.3 is 9.84 Å². The smallest absolute Gasteiger partial charge is 0.416 e. The number of alkyl halides is 3. The molecule has 5 heteroatoms. The summed E-state index contributed by atoms with van der Waals surface area (Å²) < 4.78 is 45.2. The monoisotopic (exact) mass is 442 g/mol. The van der Waals surface area contributed by atoms with Gasteiger partial charge in [-0.15, -0.1) is 0 Å². The van der Waals surface area contributed by atoms with Crippen LogP contribution >= 0.6 is 0 Å². The van der Waals surface area contributed by atoms with E-state index in [1.54, 1.807) is 19.3 Å². The van der Waals surface area contributed by atoms with Crippen molar-refractivity contribution in [3.05, 3.63) is 64.7 Å². The van der Waals surface area contributed by atoms with Gasteiger partial charge in [0.25, 0.3) is 0 Å². The second-order valence-corrected chi connectivity index (χ2v) is 10.1. The number of ether oxygens (including phenoxy) is 1. The molecule has 170 valence electrons. The van der Waals surface area contributed by atoms with E-state index >= 15 is 0 Å². The maximum absolute atomic E-state index is 13.1. The van der Waals surface area contributed by atoms with Crippen LogP contribution in [-0.4, -0.2) is 18.8 Å². The second kappa shape index (κ2) is 7.95. The molecule has 2 aromatic rings. The van der Waals surface area contributed by atoms with E-state index in [0.717, 1.165) is 41.2 Å². The van der Waals surface area contributed by atoms with Crippen molar-refractivity contribution < 1.29 is 23.0 Å². The van der Waals surface area contributed by atoms with Crippen LogP contribution in [0.15, 0.2) is 42.5 Å². The fourth-order valence-corrected chi connectivity index (χ4v) is 6.99. The SMILES string of the molecule is COc1cc(C=C(CO)c2cccc(C(F)(F)F)c2)ccc1C12CC3CC(CC(C3)C1)C2. The minimum atomic E-state index is -4.42. The molecule has 1 N–H and O–H groups in total. The van der Waals surface area contributed by atoms with Crippen molar-refractivity contribution in [3.8, 4) is 5.75 Å². The van der Waals surface area contributed by atoms with Crippen LogP contribution in [0.2, 0.25) is 0 Å². The third-order valence-corrected chi connectivity index (χ3v) is 7.91. The largest absolute Gasteiger partial charge is 0.496 e. The highest BCUT2D eigenvalue weighted by molar-refractivity contribution is 5.82. The Hall–Kier alpha value is -2.27. The molecule has 0 aromatic heterocycles. The lowest BCUT2D eigenvalue weighted by Gasteiger charge is -2.57. The normalized spacial score (nSPS) is 29.4. The average Bonchev–Trinajstić information content (AvgIpc) is 2.76. The molecule has 6 rings (SSSR count). The van der Waals surface area contributed by atoms with Gasteiger partial charge in [0.15, 0.2) is 0 Å². The lowest BCUT2D eigenvalue weighted by atomic mass is 9.48. The molecule has 32 heavy (non-hydrogen) atoms. The Morgan fingerprint density at radius 1 is 1.03 bits per heavy atom. The van der Waals surface area contributed by atoms with Gasteiger partial charge in [-0.1, -0.05) is 24.3 Å². The third-order valence-electron chi connectivity index (χ3n) is 7.91. The first-order chi connectivity index (χ1) is 15.3. The molecule has 0 amide bonds. The zero-order valence-electron chi connectivity index (χ0n) is 18.3. The summed E-state index contributed by atoms with van der Waals surface area (Å²) in [5.41, 5.74) is 2.39. The van der Waals surface area contributed by atoms with Crippen LogP contribution in [0, 0.1) is 17.8 Å². The van der Waals surface area contributed by atoms with Crippen LogP contribution in [0.5, 0.6) is 5.75 Å². The van der Waals surface area contributed by atoms with Gasteiger partial charge in [-0.25, -0.2) is 0 Å². The summed E-state index contributed by atoms with van der Waals surface area (Å²) in [6.45, 7) is -0.347. The standard InChI is InChI=1S/C27H29F3O2/c1-32-25-11-17(10-22(16-31)21-3-2-4-23(12-21)27(28,29)30)5-6-24(25)26-13-18-7-19(14-26)9-20(8-18)15-26/h2-6,10-12,18-20,31H,7-9,13-16H2,1H3. The molecule has 2 nitrogen and oxygen atoms in total. The number of rotatable bonds is 5. The summed E-state index contributed by atoms with van der Waals surface area (Å²) in [7, 11) is 1.69. The summed E-state index contributed by atoms with van der Waals surface area (Å²) in [5.74, 6) is 3.33. The molecule has 2 aromatic carbocycles. The Labute approximate surface area is 187 Å². The van der Waals surface area contributed by atoms with E-state index < -0.39 is 11.7 Å². The molecule has 0 spiro atoms. The molecule has 4 aliphatic rings. The topological polar surface area (TPSA) is 29.5 Å². The van der Waals surface area contributed by atoms with Gasteiger partial charge in [0.2, 0.25) is 0 Å². The minimum absolute atomic E-state index is 0.198. The molecule has 4 fully saturated rings. The Kier molecular flexibility index (Phi) is 5.36. The van der Waals surface area contributed by atoms with Gasteiger partial charge >= 0.3 is 6.18 Å². The summed E-state index contributed by atoms with van der Waals surface area (Å²) in [5, 5.41) is 9.89. The molecule has 4 aliphatic carbocycles. The van der Waals surface area contributed by atoms with Gasteiger partial charge in [0.1, 0.15) is 5.75 Å². The van der Waals surface area contributed by atoms with Crippen molar-refractivity contribution >= 4 is 11.6 Å². The third kappa shape index (κ3) is 3.85. The molecule has 0 atom stereocenters. The second-order valence-electron chi connectivity index (χ2n) is 10.1.